The van der Waals surface area contributed by atoms with Crippen molar-refractivity contribution in [2.24, 2.45) is 0 Å². The van der Waals surface area contributed by atoms with Gasteiger partial charge < -0.3 is 28.8 Å². The van der Waals surface area contributed by atoms with Gasteiger partial charge in [-0.25, -0.2) is 0 Å². The Labute approximate surface area is 191 Å². The van der Waals surface area contributed by atoms with Gasteiger partial charge in [-0.2, -0.15) is 0 Å². The molecule has 1 atom stereocenters. The van der Waals surface area contributed by atoms with E-state index in [1.807, 2.05) is 54.6 Å². The van der Waals surface area contributed by atoms with Crippen LogP contribution in [0.1, 0.15) is 0 Å². The molecule has 1 fully saturated rings. The number of nitrogens with zero attached hydrogens (tertiary/aromatic N) is 1. The van der Waals surface area contributed by atoms with Crippen molar-refractivity contribution in [1.82, 2.24) is 9.88 Å². The second-order valence-corrected chi connectivity index (χ2v) is 7.93. The molecule has 33 heavy (non-hydrogen) atoms. The number of hydrogen-bond donors (Lipinski definition) is 1. The number of nitrogens with one attached hydrogen (secondary N) is 1. The minimum atomic E-state index is -0.213. The lowest BCUT2D eigenvalue weighted by Crippen LogP contribution is -2.49. The van der Waals surface area contributed by atoms with Crippen molar-refractivity contribution in [2.75, 3.05) is 40.0 Å². The summed E-state index contributed by atoms with van der Waals surface area (Å²) in [6, 6.07) is 21.6. The molecule has 0 saturated carbocycles. The van der Waals surface area contributed by atoms with E-state index in [0.717, 1.165) is 27.6 Å². The lowest BCUT2D eigenvalue weighted by molar-refractivity contribution is -0.150. The van der Waals surface area contributed by atoms with Crippen LogP contribution in [-0.4, -0.2) is 61.9 Å². The Morgan fingerprint density at radius 2 is 1.70 bits per heavy atom. The standard InChI is InChI=1S/C26H26N2O5/c1-30-22-10-4-5-11-23(22)31-14-13-28-15-18(32-17-25(28)29)16-33-24-12-6-9-21-26(24)19-7-2-3-8-20(19)27-21/h2-12,18,27H,13-17H2,1H3. The van der Waals surface area contributed by atoms with Crippen LogP contribution in [0.3, 0.4) is 0 Å². The highest BCUT2D eigenvalue weighted by atomic mass is 16.5. The molecule has 0 radical (unpaired) electrons. The van der Waals surface area contributed by atoms with Crippen molar-refractivity contribution < 1.29 is 23.7 Å². The van der Waals surface area contributed by atoms with Crippen LogP contribution in [0.25, 0.3) is 21.8 Å². The molecular weight excluding hydrogens is 420 g/mol. The number of rotatable bonds is 8. The molecule has 1 N–H and O–H groups in total. The van der Waals surface area contributed by atoms with Gasteiger partial charge in [0.2, 0.25) is 5.91 Å². The van der Waals surface area contributed by atoms with Gasteiger partial charge in [-0.3, -0.25) is 4.79 Å². The molecule has 0 bridgehead atoms. The number of para-hydroxylation sites is 3. The highest BCUT2D eigenvalue weighted by molar-refractivity contribution is 6.10. The van der Waals surface area contributed by atoms with Crippen molar-refractivity contribution >= 4 is 27.7 Å². The van der Waals surface area contributed by atoms with Gasteiger partial charge >= 0.3 is 0 Å². The van der Waals surface area contributed by atoms with Crippen LogP contribution in [0, 0.1) is 0 Å². The van der Waals surface area contributed by atoms with Gasteiger partial charge in [0.1, 0.15) is 31.7 Å². The number of H-pyrrole nitrogens is 1. The molecule has 3 aromatic carbocycles. The second-order valence-electron chi connectivity index (χ2n) is 7.93. The third-order valence-electron chi connectivity index (χ3n) is 5.82. The minimum Gasteiger partial charge on any atom is -0.493 e. The summed E-state index contributed by atoms with van der Waals surface area (Å²) in [6.07, 6.45) is -0.213. The number of carbonyl (C=O) groups is 1. The van der Waals surface area contributed by atoms with Gasteiger partial charge in [0.15, 0.2) is 11.5 Å². The average Bonchev–Trinajstić information content (AvgIpc) is 3.24. The number of aromatic amines is 1. The van der Waals surface area contributed by atoms with Gasteiger partial charge in [-0.05, 0) is 30.3 Å². The molecule has 7 nitrogen and oxygen atoms in total. The largest absolute Gasteiger partial charge is 0.493 e. The van der Waals surface area contributed by atoms with Crippen molar-refractivity contribution in [1.29, 1.82) is 0 Å². The number of hydrogen-bond acceptors (Lipinski definition) is 5. The summed E-state index contributed by atoms with van der Waals surface area (Å²) < 4.78 is 23.1. The van der Waals surface area contributed by atoms with E-state index in [1.54, 1.807) is 12.0 Å². The number of methoxy groups -OCH3 is 1. The van der Waals surface area contributed by atoms with E-state index in [1.165, 1.54) is 0 Å². The van der Waals surface area contributed by atoms with Crippen LogP contribution in [0.5, 0.6) is 17.2 Å². The summed E-state index contributed by atoms with van der Waals surface area (Å²) in [6.45, 7) is 1.69. The van der Waals surface area contributed by atoms with E-state index >= 15 is 0 Å². The lowest BCUT2D eigenvalue weighted by atomic mass is 10.1. The maximum Gasteiger partial charge on any atom is 0.248 e. The fraction of sp³-hybridized carbons (Fsp3) is 0.269. The topological polar surface area (TPSA) is 73.0 Å². The first-order valence-electron chi connectivity index (χ1n) is 11.0. The first-order chi connectivity index (χ1) is 16.2. The Morgan fingerprint density at radius 1 is 0.939 bits per heavy atom. The summed E-state index contributed by atoms with van der Waals surface area (Å²) >= 11 is 0. The molecule has 0 aliphatic carbocycles. The number of ether oxygens (including phenoxy) is 4. The van der Waals surface area contributed by atoms with Crippen molar-refractivity contribution in [3.8, 4) is 17.2 Å². The van der Waals surface area contributed by atoms with Crippen LogP contribution in [0.4, 0.5) is 0 Å². The summed E-state index contributed by atoms with van der Waals surface area (Å²) in [5.41, 5.74) is 2.10. The molecule has 170 valence electrons. The highest BCUT2D eigenvalue weighted by Crippen LogP contribution is 2.33. The van der Waals surface area contributed by atoms with Gasteiger partial charge in [-0.1, -0.05) is 36.4 Å². The third-order valence-corrected chi connectivity index (χ3v) is 5.82. The number of fused-ring (bicyclic) bond motifs is 3. The van der Waals surface area contributed by atoms with Gasteiger partial charge in [0.05, 0.1) is 25.7 Å². The molecule has 4 aromatic rings. The Kier molecular flexibility index (Phi) is 6.04. The SMILES string of the molecule is COc1ccccc1OCCN1CC(COc2cccc3[nH]c4ccccc4c23)OCC1=O. The quantitative estimate of drug-likeness (QED) is 0.443. The molecule has 2 heterocycles. The number of aromatic nitrogens is 1. The Hall–Kier alpha value is -3.71. The van der Waals surface area contributed by atoms with Crippen molar-refractivity contribution in [3.63, 3.8) is 0 Å². The normalized spacial score (nSPS) is 16.3. The van der Waals surface area contributed by atoms with Crippen LogP contribution >= 0.6 is 0 Å². The molecule has 1 aliphatic heterocycles. The monoisotopic (exact) mass is 446 g/mol. The number of benzene rings is 3. The summed E-state index contributed by atoms with van der Waals surface area (Å²) in [5.74, 6) is 2.08. The van der Waals surface area contributed by atoms with Gasteiger partial charge in [0.25, 0.3) is 0 Å². The van der Waals surface area contributed by atoms with E-state index in [-0.39, 0.29) is 18.6 Å². The molecule has 1 aromatic heterocycles. The van der Waals surface area contributed by atoms with Gasteiger partial charge in [-0.15, -0.1) is 0 Å². The van der Waals surface area contributed by atoms with E-state index in [0.29, 0.717) is 37.8 Å². The van der Waals surface area contributed by atoms with Crippen LogP contribution in [0.15, 0.2) is 66.7 Å². The molecule has 5 rings (SSSR count). The van der Waals surface area contributed by atoms with E-state index < -0.39 is 0 Å². The molecule has 1 aliphatic rings. The third kappa shape index (κ3) is 4.45. The van der Waals surface area contributed by atoms with Gasteiger partial charge in [0, 0.05) is 16.3 Å². The van der Waals surface area contributed by atoms with E-state index in [4.69, 9.17) is 18.9 Å². The van der Waals surface area contributed by atoms with Crippen LogP contribution in [0.2, 0.25) is 0 Å². The minimum absolute atomic E-state index is 0.0416. The molecular formula is C26H26N2O5. The number of carbonyl (C=O) groups excluding carboxylic acids is 1. The van der Waals surface area contributed by atoms with E-state index in [2.05, 4.69) is 17.1 Å². The lowest BCUT2D eigenvalue weighted by Gasteiger charge is -2.32. The summed E-state index contributed by atoms with van der Waals surface area (Å²) in [5, 5.41) is 2.18. The zero-order valence-electron chi connectivity index (χ0n) is 18.5. The van der Waals surface area contributed by atoms with Crippen LogP contribution in [-0.2, 0) is 9.53 Å². The zero-order valence-corrected chi connectivity index (χ0v) is 18.5. The zero-order chi connectivity index (χ0) is 22.6. The Bertz CT molecular complexity index is 1270. The maximum atomic E-state index is 12.3. The predicted molar refractivity (Wildman–Crippen MR) is 126 cm³/mol. The van der Waals surface area contributed by atoms with Crippen molar-refractivity contribution in [3.05, 3.63) is 66.7 Å². The van der Waals surface area contributed by atoms with Crippen molar-refractivity contribution in [2.45, 2.75) is 6.10 Å². The first kappa shape index (κ1) is 21.2. The number of amides is 1. The highest BCUT2D eigenvalue weighted by Gasteiger charge is 2.27. The Balaban J connectivity index is 1.21. The molecule has 1 unspecified atom stereocenters. The van der Waals surface area contributed by atoms with Crippen LogP contribution < -0.4 is 14.2 Å². The molecule has 7 heteroatoms. The smallest absolute Gasteiger partial charge is 0.248 e. The molecule has 1 saturated heterocycles. The summed E-state index contributed by atoms with van der Waals surface area (Å²) in [4.78, 5) is 17.5. The number of morpholine rings is 1. The predicted octanol–water partition coefficient (Wildman–Crippen LogP) is 4.01. The Morgan fingerprint density at radius 3 is 2.58 bits per heavy atom. The maximum absolute atomic E-state index is 12.3. The van der Waals surface area contributed by atoms with E-state index in [9.17, 15) is 4.79 Å². The first-order valence-corrected chi connectivity index (χ1v) is 11.0. The summed E-state index contributed by atoms with van der Waals surface area (Å²) in [7, 11) is 1.61. The molecule has 1 amide bonds. The second kappa shape index (κ2) is 9.42. The average molecular weight is 447 g/mol. The fourth-order valence-corrected chi connectivity index (χ4v) is 4.17. The molecule has 0 spiro atoms. The fourth-order valence-electron chi connectivity index (χ4n) is 4.17.